The Hall–Kier alpha value is -5.88. The van der Waals surface area contributed by atoms with Crippen LogP contribution < -0.4 is 4.90 Å². The molecule has 2 unspecified atom stereocenters. The molecule has 3 aromatic heterocycles. The standard InChI is InChI=1S/C38H26N6/c1-3-11-25(12-4-1)36-40-37(26-13-5-2-6-14-26)42-38(41-36)44-33-18-10-8-16-29(33)31-20-19-30-28-15-7-9-17-32(28)43(34(30)35(31)44)27-21-23-39-24-22-27/h1-24,29,33H. The van der Waals surface area contributed by atoms with Gasteiger partial charge in [-0.15, -0.1) is 0 Å². The van der Waals surface area contributed by atoms with Crippen molar-refractivity contribution in [2.45, 2.75) is 12.0 Å². The summed E-state index contributed by atoms with van der Waals surface area (Å²) < 4.78 is 2.36. The molecule has 0 N–H and O–H groups in total. The third kappa shape index (κ3) is 3.74. The molecule has 208 valence electrons. The van der Waals surface area contributed by atoms with E-state index in [4.69, 9.17) is 15.0 Å². The molecule has 9 rings (SSSR count). The molecule has 0 saturated heterocycles. The molecule has 6 heteroatoms. The summed E-state index contributed by atoms with van der Waals surface area (Å²) in [5.41, 5.74) is 7.61. The molecule has 0 radical (unpaired) electrons. The van der Waals surface area contributed by atoms with Crippen LogP contribution in [-0.4, -0.2) is 30.5 Å². The zero-order chi connectivity index (χ0) is 29.0. The van der Waals surface area contributed by atoms with Gasteiger partial charge in [-0.3, -0.25) is 4.98 Å². The molecule has 7 aromatic rings. The average molecular weight is 567 g/mol. The van der Waals surface area contributed by atoms with Crippen molar-refractivity contribution in [3.05, 3.63) is 151 Å². The lowest BCUT2D eigenvalue weighted by Gasteiger charge is -2.27. The maximum Gasteiger partial charge on any atom is 0.234 e. The summed E-state index contributed by atoms with van der Waals surface area (Å²) in [6.07, 6.45) is 12.6. The van der Waals surface area contributed by atoms with Gasteiger partial charge in [-0.05, 0) is 23.8 Å². The molecule has 44 heavy (non-hydrogen) atoms. The molecule has 1 aliphatic heterocycles. The van der Waals surface area contributed by atoms with Crippen LogP contribution >= 0.6 is 0 Å². The summed E-state index contributed by atoms with van der Waals surface area (Å²) in [6.45, 7) is 0. The van der Waals surface area contributed by atoms with Gasteiger partial charge in [-0.25, -0.2) is 4.98 Å². The van der Waals surface area contributed by atoms with E-state index in [1.54, 1.807) is 0 Å². The first kappa shape index (κ1) is 24.7. The second-order valence-corrected chi connectivity index (χ2v) is 11.1. The van der Waals surface area contributed by atoms with Crippen LogP contribution in [0.15, 0.2) is 146 Å². The molecule has 2 aliphatic rings. The van der Waals surface area contributed by atoms with Crippen molar-refractivity contribution in [1.29, 1.82) is 0 Å². The maximum atomic E-state index is 5.19. The monoisotopic (exact) mass is 566 g/mol. The van der Waals surface area contributed by atoms with Gasteiger partial charge in [0.25, 0.3) is 0 Å². The first-order valence-corrected chi connectivity index (χ1v) is 14.8. The van der Waals surface area contributed by atoms with Crippen molar-refractivity contribution < 1.29 is 0 Å². The van der Waals surface area contributed by atoms with E-state index >= 15 is 0 Å². The fourth-order valence-corrected chi connectivity index (χ4v) is 6.76. The second-order valence-electron chi connectivity index (χ2n) is 11.1. The first-order chi connectivity index (χ1) is 21.8. The molecule has 0 saturated carbocycles. The fourth-order valence-electron chi connectivity index (χ4n) is 6.76. The van der Waals surface area contributed by atoms with E-state index in [9.17, 15) is 0 Å². The van der Waals surface area contributed by atoms with Crippen molar-refractivity contribution in [2.24, 2.45) is 0 Å². The Labute approximate surface area is 254 Å². The van der Waals surface area contributed by atoms with Crippen LogP contribution in [-0.2, 0) is 0 Å². The lowest BCUT2D eigenvalue weighted by atomic mass is 9.91. The number of allylic oxidation sites excluding steroid dienone is 2. The third-order valence-electron chi connectivity index (χ3n) is 8.67. The molecule has 0 amide bonds. The number of rotatable bonds is 4. The van der Waals surface area contributed by atoms with Gasteiger partial charge in [-0.2, -0.15) is 9.97 Å². The van der Waals surface area contributed by atoms with Gasteiger partial charge >= 0.3 is 0 Å². The van der Waals surface area contributed by atoms with E-state index in [1.807, 2.05) is 48.8 Å². The zero-order valence-corrected chi connectivity index (χ0v) is 23.7. The number of nitrogens with zero attached hydrogens (tertiary/aromatic N) is 6. The van der Waals surface area contributed by atoms with Crippen molar-refractivity contribution >= 4 is 33.4 Å². The van der Waals surface area contributed by atoms with E-state index in [0.717, 1.165) is 33.5 Å². The Kier molecular flexibility index (Phi) is 5.53. The van der Waals surface area contributed by atoms with Crippen LogP contribution in [0.1, 0.15) is 11.5 Å². The number of aromatic nitrogens is 5. The van der Waals surface area contributed by atoms with Gasteiger partial charge in [0.15, 0.2) is 11.6 Å². The zero-order valence-electron chi connectivity index (χ0n) is 23.7. The molecule has 6 nitrogen and oxygen atoms in total. The highest BCUT2D eigenvalue weighted by Crippen LogP contribution is 2.52. The highest BCUT2D eigenvalue weighted by Gasteiger charge is 2.41. The minimum atomic E-state index is 0.0131. The van der Waals surface area contributed by atoms with Crippen molar-refractivity contribution in [2.75, 3.05) is 4.90 Å². The predicted octanol–water partition coefficient (Wildman–Crippen LogP) is 8.43. The Morgan fingerprint density at radius 3 is 1.95 bits per heavy atom. The number of para-hydroxylation sites is 1. The van der Waals surface area contributed by atoms with Gasteiger partial charge in [-0.1, -0.05) is 115 Å². The summed E-state index contributed by atoms with van der Waals surface area (Å²) >= 11 is 0. The number of benzene rings is 4. The van der Waals surface area contributed by atoms with Crippen LogP contribution in [0, 0.1) is 0 Å². The summed E-state index contributed by atoms with van der Waals surface area (Å²) in [6, 6.07) is 37.7. The lowest BCUT2D eigenvalue weighted by Crippen LogP contribution is -2.30. The van der Waals surface area contributed by atoms with Gasteiger partial charge in [0.2, 0.25) is 5.95 Å². The normalized spacial score (nSPS) is 16.9. The summed E-state index contributed by atoms with van der Waals surface area (Å²) in [5.74, 6) is 2.08. The van der Waals surface area contributed by atoms with Crippen LogP contribution in [0.5, 0.6) is 0 Å². The fraction of sp³-hybridized carbons (Fsp3) is 0.0526. The van der Waals surface area contributed by atoms with E-state index in [-0.39, 0.29) is 12.0 Å². The maximum absolute atomic E-state index is 5.19. The van der Waals surface area contributed by atoms with Crippen LogP contribution in [0.3, 0.4) is 0 Å². The van der Waals surface area contributed by atoms with Crippen LogP contribution in [0.2, 0.25) is 0 Å². The molecule has 4 heterocycles. The number of pyridine rings is 1. The SMILES string of the molecule is C1=CC2c3ccc4c5ccccc5n(-c5ccncc5)c4c3N(c3nc(-c4ccccc4)nc(-c4ccccc4)n3)C2C=C1. The molecule has 0 fully saturated rings. The Morgan fingerprint density at radius 1 is 0.568 bits per heavy atom. The van der Waals surface area contributed by atoms with Crippen molar-refractivity contribution in [3.8, 4) is 28.5 Å². The van der Waals surface area contributed by atoms with Gasteiger partial charge in [0.1, 0.15) is 0 Å². The second kappa shape index (κ2) is 9.85. The Bertz CT molecular complexity index is 2180. The molecule has 0 bridgehead atoms. The van der Waals surface area contributed by atoms with Gasteiger partial charge in [0, 0.05) is 45.9 Å². The predicted molar refractivity (Wildman–Crippen MR) is 176 cm³/mol. The highest BCUT2D eigenvalue weighted by atomic mass is 15.3. The quantitative estimate of drug-likeness (QED) is 0.214. The summed E-state index contributed by atoms with van der Waals surface area (Å²) in [7, 11) is 0. The number of hydrogen-bond donors (Lipinski definition) is 0. The van der Waals surface area contributed by atoms with Gasteiger partial charge < -0.3 is 9.47 Å². The lowest BCUT2D eigenvalue weighted by molar-refractivity contribution is 0.728. The molecular formula is C38H26N6. The van der Waals surface area contributed by atoms with E-state index < -0.39 is 0 Å². The minimum Gasteiger partial charge on any atom is -0.307 e. The molecule has 0 spiro atoms. The number of hydrogen-bond acceptors (Lipinski definition) is 5. The van der Waals surface area contributed by atoms with Crippen LogP contribution in [0.25, 0.3) is 50.3 Å². The van der Waals surface area contributed by atoms with E-state index in [2.05, 4.69) is 112 Å². The molecule has 4 aromatic carbocycles. The molecule has 1 aliphatic carbocycles. The average Bonchev–Trinajstić information content (AvgIpc) is 3.62. The largest absolute Gasteiger partial charge is 0.307 e. The van der Waals surface area contributed by atoms with Crippen LogP contribution in [0.4, 0.5) is 11.6 Å². The third-order valence-corrected chi connectivity index (χ3v) is 8.67. The Morgan fingerprint density at radius 2 is 1.23 bits per heavy atom. The Balaban J connectivity index is 1.38. The summed E-state index contributed by atoms with van der Waals surface area (Å²) in [4.78, 5) is 22.0. The summed E-state index contributed by atoms with van der Waals surface area (Å²) in [5, 5.41) is 2.39. The van der Waals surface area contributed by atoms with Gasteiger partial charge in [0.05, 0.1) is 22.8 Å². The van der Waals surface area contributed by atoms with Crippen molar-refractivity contribution in [3.63, 3.8) is 0 Å². The van der Waals surface area contributed by atoms with Crippen molar-refractivity contribution in [1.82, 2.24) is 24.5 Å². The number of fused-ring (bicyclic) bond motifs is 7. The number of anilines is 2. The van der Waals surface area contributed by atoms with E-state index in [0.29, 0.717) is 17.6 Å². The highest BCUT2D eigenvalue weighted by molar-refractivity contribution is 6.15. The van der Waals surface area contributed by atoms with E-state index in [1.165, 1.54) is 16.3 Å². The minimum absolute atomic E-state index is 0.0131. The topological polar surface area (TPSA) is 59.7 Å². The molecular weight excluding hydrogens is 540 g/mol. The first-order valence-electron chi connectivity index (χ1n) is 14.8. The molecule has 2 atom stereocenters. The smallest absolute Gasteiger partial charge is 0.234 e.